The zero-order chi connectivity index (χ0) is 13.9. The number of para-hydroxylation sites is 1. The molecule has 1 unspecified atom stereocenters. The van der Waals surface area contributed by atoms with Crippen LogP contribution in [0.15, 0.2) is 29.2 Å². The molecule has 1 fully saturated rings. The fraction of sp³-hybridized carbons (Fsp3) is 0.538. The second-order valence-electron chi connectivity index (χ2n) is 4.83. The maximum Gasteiger partial charge on any atom is 0.296 e. The van der Waals surface area contributed by atoms with Crippen LogP contribution in [0, 0.1) is 0 Å². The van der Waals surface area contributed by atoms with Gasteiger partial charge in [-0.05, 0) is 18.6 Å². The Morgan fingerprint density at radius 2 is 2.16 bits per heavy atom. The van der Waals surface area contributed by atoms with Crippen molar-refractivity contribution in [3.05, 3.63) is 24.3 Å². The second-order valence-corrected chi connectivity index (χ2v) is 6.22. The third-order valence-electron chi connectivity index (χ3n) is 3.38. The number of piperazine rings is 1. The highest BCUT2D eigenvalue weighted by atomic mass is 32.2. The molecule has 0 aromatic heterocycles. The molecule has 2 N–H and O–H groups in total. The van der Waals surface area contributed by atoms with Crippen molar-refractivity contribution >= 4 is 15.8 Å². The molecule has 1 aliphatic heterocycles. The summed E-state index contributed by atoms with van der Waals surface area (Å²) in [7, 11) is -4.17. The summed E-state index contributed by atoms with van der Waals surface area (Å²) >= 11 is 0. The first-order valence-corrected chi connectivity index (χ1v) is 8.01. The third kappa shape index (κ3) is 3.46. The fourth-order valence-corrected chi connectivity index (χ4v) is 3.23. The molecule has 106 valence electrons. The minimum absolute atomic E-state index is 0.00727. The van der Waals surface area contributed by atoms with Crippen molar-refractivity contribution in [3.63, 3.8) is 0 Å². The van der Waals surface area contributed by atoms with E-state index < -0.39 is 10.1 Å². The number of nitrogens with zero attached hydrogens (tertiary/aromatic N) is 1. The van der Waals surface area contributed by atoms with E-state index in [1.54, 1.807) is 18.2 Å². The van der Waals surface area contributed by atoms with Crippen molar-refractivity contribution < 1.29 is 13.0 Å². The highest BCUT2D eigenvalue weighted by molar-refractivity contribution is 7.86. The van der Waals surface area contributed by atoms with Crippen molar-refractivity contribution in [2.75, 3.05) is 24.5 Å². The van der Waals surface area contributed by atoms with E-state index >= 15 is 0 Å². The molecule has 19 heavy (non-hydrogen) atoms. The number of anilines is 1. The van der Waals surface area contributed by atoms with Gasteiger partial charge in [0, 0.05) is 25.7 Å². The van der Waals surface area contributed by atoms with Crippen molar-refractivity contribution in [1.82, 2.24) is 5.32 Å². The van der Waals surface area contributed by atoms with Crippen LogP contribution in [-0.2, 0) is 10.1 Å². The van der Waals surface area contributed by atoms with Crippen LogP contribution in [0.3, 0.4) is 0 Å². The van der Waals surface area contributed by atoms with Crippen molar-refractivity contribution in [3.8, 4) is 0 Å². The molecular formula is C13H20N2O3S. The van der Waals surface area contributed by atoms with Gasteiger partial charge in [-0.1, -0.05) is 25.5 Å². The lowest BCUT2D eigenvalue weighted by Gasteiger charge is -2.36. The summed E-state index contributed by atoms with van der Waals surface area (Å²) in [6, 6.07) is 6.98. The summed E-state index contributed by atoms with van der Waals surface area (Å²) in [5, 5.41) is 3.42. The van der Waals surface area contributed by atoms with Gasteiger partial charge in [-0.3, -0.25) is 4.55 Å². The lowest BCUT2D eigenvalue weighted by molar-refractivity contribution is 0.428. The molecule has 1 aromatic rings. The van der Waals surface area contributed by atoms with E-state index in [1.807, 2.05) is 4.90 Å². The summed E-state index contributed by atoms with van der Waals surface area (Å²) < 4.78 is 32.1. The predicted molar refractivity (Wildman–Crippen MR) is 75.2 cm³/mol. The molecule has 0 aliphatic carbocycles. The van der Waals surface area contributed by atoms with Crippen molar-refractivity contribution in [1.29, 1.82) is 0 Å². The molecule has 2 rings (SSSR count). The smallest absolute Gasteiger partial charge is 0.296 e. The van der Waals surface area contributed by atoms with Crippen LogP contribution in [0.1, 0.15) is 19.8 Å². The van der Waals surface area contributed by atoms with Gasteiger partial charge in [0.15, 0.2) is 0 Å². The van der Waals surface area contributed by atoms with Crippen LogP contribution < -0.4 is 10.2 Å². The maximum atomic E-state index is 11.4. The number of nitrogens with one attached hydrogen (secondary N) is 1. The lowest BCUT2D eigenvalue weighted by atomic mass is 10.1. The molecular weight excluding hydrogens is 264 g/mol. The first-order chi connectivity index (χ1) is 9.02. The van der Waals surface area contributed by atoms with E-state index in [0.29, 0.717) is 11.7 Å². The molecule has 0 saturated carbocycles. The Balaban J connectivity index is 2.27. The van der Waals surface area contributed by atoms with Crippen molar-refractivity contribution in [2.24, 2.45) is 0 Å². The van der Waals surface area contributed by atoms with E-state index in [4.69, 9.17) is 0 Å². The summed E-state index contributed by atoms with van der Waals surface area (Å²) in [5.74, 6) is 0. The molecule has 0 bridgehead atoms. The number of hydrogen-bond donors (Lipinski definition) is 2. The molecule has 0 radical (unpaired) electrons. The Kier molecular flexibility index (Phi) is 4.44. The molecule has 0 spiro atoms. The predicted octanol–water partition coefficient (Wildman–Crippen LogP) is 1.51. The van der Waals surface area contributed by atoms with Crippen molar-refractivity contribution in [2.45, 2.75) is 30.7 Å². The molecule has 1 aromatic carbocycles. The molecule has 1 heterocycles. The third-order valence-corrected chi connectivity index (χ3v) is 4.28. The molecule has 1 aliphatic rings. The van der Waals surface area contributed by atoms with E-state index in [9.17, 15) is 13.0 Å². The zero-order valence-electron chi connectivity index (χ0n) is 11.0. The fourth-order valence-electron chi connectivity index (χ4n) is 2.52. The first-order valence-electron chi connectivity index (χ1n) is 6.57. The van der Waals surface area contributed by atoms with E-state index in [1.165, 1.54) is 6.07 Å². The molecule has 1 saturated heterocycles. The van der Waals surface area contributed by atoms with Gasteiger partial charge in [0.2, 0.25) is 0 Å². The summed E-state index contributed by atoms with van der Waals surface area (Å²) in [5.41, 5.74) is 0.590. The zero-order valence-corrected chi connectivity index (χ0v) is 11.9. The second kappa shape index (κ2) is 5.90. The Labute approximate surface area is 114 Å². The van der Waals surface area contributed by atoms with E-state index in [2.05, 4.69) is 12.2 Å². The Morgan fingerprint density at radius 1 is 1.42 bits per heavy atom. The maximum absolute atomic E-state index is 11.4. The number of hydrogen-bond acceptors (Lipinski definition) is 4. The normalized spacial score (nSPS) is 20.5. The van der Waals surface area contributed by atoms with Crippen LogP contribution in [0.5, 0.6) is 0 Å². The standard InChI is InChI=1S/C13H20N2O3S/c1-2-5-11-10-15(9-8-14-11)12-6-3-4-7-13(12)19(16,17)18/h3-4,6-7,11,14H,2,5,8-10H2,1H3,(H,16,17,18). The monoisotopic (exact) mass is 284 g/mol. The minimum Gasteiger partial charge on any atom is -0.368 e. The van der Waals surface area contributed by atoms with Gasteiger partial charge in [0.1, 0.15) is 4.90 Å². The van der Waals surface area contributed by atoms with E-state index in [0.717, 1.165) is 32.5 Å². The molecule has 6 heteroatoms. The minimum atomic E-state index is -4.17. The average molecular weight is 284 g/mol. The van der Waals surface area contributed by atoms with Gasteiger partial charge < -0.3 is 10.2 Å². The number of benzene rings is 1. The summed E-state index contributed by atoms with van der Waals surface area (Å²) in [6.07, 6.45) is 2.15. The largest absolute Gasteiger partial charge is 0.368 e. The van der Waals surface area contributed by atoms with Gasteiger partial charge in [-0.25, -0.2) is 0 Å². The average Bonchev–Trinajstić information content (AvgIpc) is 2.38. The Bertz CT molecular complexity index is 528. The van der Waals surface area contributed by atoms with Crippen LogP contribution in [-0.4, -0.2) is 38.6 Å². The highest BCUT2D eigenvalue weighted by Crippen LogP contribution is 2.26. The van der Waals surface area contributed by atoms with Crippen LogP contribution >= 0.6 is 0 Å². The van der Waals surface area contributed by atoms with Crippen LogP contribution in [0.4, 0.5) is 5.69 Å². The quantitative estimate of drug-likeness (QED) is 0.820. The van der Waals surface area contributed by atoms with Crippen LogP contribution in [0.25, 0.3) is 0 Å². The molecule has 1 atom stereocenters. The summed E-state index contributed by atoms with van der Waals surface area (Å²) in [4.78, 5) is 2.02. The van der Waals surface area contributed by atoms with Gasteiger partial charge in [-0.15, -0.1) is 0 Å². The highest BCUT2D eigenvalue weighted by Gasteiger charge is 2.24. The Morgan fingerprint density at radius 3 is 2.84 bits per heavy atom. The Hall–Kier alpha value is -1.11. The first kappa shape index (κ1) is 14.3. The lowest BCUT2D eigenvalue weighted by Crippen LogP contribution is -2.51. The van der Waals surface area contributed by atoms with E-state index in [-0.39, 0.29) is 4.90 Å². The number of rotatable bonds is 4. The topological polar surface area (TPSA) is 69.6 Å². The van der Waals surface area contributed by atoms with Gasteiger partial charge in [0.25, 0.3) is 10.1 Å². The van der Waals surface area contributed by atoms with Gasteiger partial charge in [0.05, 0.1) is 5.69 Å². The molecule has 5 nitrogen and oxygen atoms in total. The van der Waals surface area contributed by atoms with Gasteiger partial charge >= 0.3 is 0 Å². The summed E-state index contributed by atoms with van der Waals surface area (Å²) in [6.45, 7) is 4.46. The van der Waals surface area contributed by atoms with Crippen LogP contribution in [0.2, 0.25) is 0 Å². The molecule has 0 amide bonds. The van der Waals surface area contributed by atoms with Gasteiger partial charge in [-0.2, -0.15) is 8.42 Å². The SMILES string of the molecule is CCCC1CN(c2ccccc2S(=O)(=O)O)CCN1.